The molecule has 1 fully saturated rings. The fourth-order valence-corrected chi connectivity index (χ4v) is 2.45. The molecule has 0 radical (unpaired) electrons. The maximum atomic E-state index is 13.3. The van der Waals surface area contributed by atoms with Crippen molar-refractivity contribution >= 4 is 11.9 Å². The van der Waals surface area contributed by atoms with Crippen LogP contribution in [-0.4, -0.2) is 40.5 Å². The molecular formula is C15H19F2N3O3. The number of benzene rings is 1. The largest absolute Gasteiger partial charge is 0.481 e. The van der Waals surface area contributed by atoms with Gasteiger partial charge in [0.25, 0.3) is 0 Å². The topological polar surface area (TPSA) is 81.7 Å². The Labute approximate surface area is 132 Å². The third-order valence-corrected chi connectivity index (χ3v) is 3.66. The number of carbonyl (C=O) groups excluding carboxylic acids is 1. The Morgan fingerprint density at radius 2 is 2.04 bits per heavy atom. The number of amides is 1. The van der Waals surface area contributed by atoms with Crippen LogP contribution in [0.2, 0.25) is 0 Å². The quantitative estimate of drug-likeness (QED) is 0.727. The van der Waals surface area contributed by atoms with E-state index >= 15 is 0 Å². The van der Waals surface area contributed by atoms with Crippen LogP contribution >= 0.6 is 0 Å². The third-order valence-electron chi connectivity index (χ3n) is 3.66. The first kappa shape index (κ1) is 17.3. The highest BCUT2D eigenvalue weighted by Gasteiger charge is 2.30. The summed E-state index contributed by atoms with van der Waals surface area (Å²) in [6, 6.07) is 3.03. The molecule has 2 unspecified atom stereocenters. The van der Waals surface area contributed by atoms with Crippen molar-refractivity contribution in [3.63, 3.8) is 0 Å². The highest BCUT2D eigenvalue weighted by atomic mass is 19.2. The van der Waals surface area contributed by atoms with Gasteiger partial charge in [-0.1, -0.05) is 6.07 Å². The molecule has 0 aromatic heterocycles. The fourth-order valence-electron chi connectivity index (χ4n) is 2.45. The molecule has 1 saturated heterocycles. The van der Waals surface area contributed by atoms with E-state index in [0.29, 0.717) is 12.0 Å². The van der Waals surface area contributed by atoms with E-state index in [1.54, 1.807) is 0 Å². The van der Waals surface area contributed by atoms with E-state index in [0.717, 1.165) is 12.1 Å². The van der Waals surface area contributed by atoms with E-state index in [2.05, 4.69) is 10.9 Å². The lowest BCUT2D eigenvalue weighted by Gasteiger charge is -2.25. The Hall–Kier alpha value is -2.06. The van der Waals surface area contributed by atoms with Crippen LogP contribution < -0.4 is 10.9 Å². The minimum atomic E-state index is -1.03. The van der Waals surface area contributed by atoms with Gasteiger partial charge in [-0.2, -0.15) is 0 Å². The Kier molecular flexibility index (Phi) is 5.62. The number of nitrogens with zero attached hydrogens (tertiary/aromatic N) is 1. The molecule has 23 heavy (non-hydrogen) atoms. The van der Waals surface area contributed by atoms with E-state index in [-0.39, 0.29) is 31.5 Å². The standard InChI is InChI=1S/C15H19F2N3O3/c1-9-6-13(19-18-9)15(23)20(5-4-14(21)22)8-10-2-3-11(16)12(17)7-10/h2-3,7,9,13,18-19H,4-6,8H2,1H3,(H,21,22). The Morgan fingerprint density at radius 1 is 1.30 bits per heavy atom. The molecule has 1 aromatic carbocycles. The van der Waals surface area contributed by atoms with E-state index < -0.39 is 23.6 Å². The summed E-state index contributed by atoms with van der Waals surface area (Å²) in [6.07, 6.45) is 0.352. The lowest BCUT2D eigenvalue weighted by Crippen LogP contribution is -2.46. The van der Waals surface area contributed by atoms with Gasteiger partial charge in [-0.3, -0.25) is 15.0 Å². The molecule has 1 amide bonds. The van der Waals surface area contributed by atoms with Crippen LogP contribution in [0.15, 0.2) is 18.2 Å². The lowest BCUT2D eigenvalue weighted by atomic mass is 10.1. The summed E-state index contributed by atoms with van der Waals surface area (Å²) in [5.41, 5.74) is 6.19. The highest BCUT2D eigenvalue weighted by molar-refractivity contribution is 5.82. The van der Waals surface area contributed by atoms with E-state index in [9.17, 15) is 18.4 Å². The van der Waals surface area contributed by atoms with Crippen molar-refractivity contribution in [1.82, 2.24) is 15.8 Å². The van der Waals surface area contributed by atoms with Crippen LogP contribution in [0.3, 0.4) is 0 Å². The minimum absolute atomic E-state index is 0.000275. The molecule has 8 heteroatoms. The van der Waals surface area contributed by atoms with Gasteiger partial charge in [0.05, 0.1) is 6.42 Å². The zero-order valence-corrected chi connectivity index (χ0v) is 12.7. The van der Waals surface area contributed by atoms with Gasteiger partial charge in [-0.25, -0.2) is 14.2 Å². The summed E-state index contributed by atoms with van der Waals surface area (Å²) in [5.74, 6) is -3.26. The fraction of sp³-hybridized carbons (Fsp3) is 0.467. The predicted octanol–water partition coefficient (Wildman–Crippen LogP) is 1.02. The average Bonchev–Trinajstić information content (AvgIpc) is 2.92. The molecule has 1 heterocycles. The normalized spacial score (nSPS) is 20.5. The van der Waals surface area contributed by atoms with Gasteiger partial charge < -0.3 is 10.0 Å². The monoisotopic (exact) mass is 327 g/mol. The number of carbonyl (C=O) groups is 2. The number of carboxylic acid groups (broad SMARTS) is 1. The van der Waals surface area contributed by atoms with Crippen molar-refractivity contribution in [2.75, 3.05) is 6.54 Å². The summed E-state index contributed by atoms with van der Waals surface area (Å²) in [5, 5.41) is 8.82. The number of rotatable bonds is 6. The molecule has 6 nitrogen and oxygen atoms in total. The smallest absolute Gasteiger partial charge is 0.305 e. The van der Waals surface area contributed by atoms with Crippen molar-refractivity contribution < 1.29 is 23.5 Å². The Morgan fingerprint density at radius 3 is 2.61 bits per heavy atom. The molecule has 2 rings (SSSR count). The molecule has 0 spiro atoms. The van der Waals surface area contributed by atoms with Crippen LogP contribution in [0.25, 0.3) is 0 Å². The molecule has 1 aliphatic rings. The molecule has 0 aliphatic carbocycles. The van der Waals surface area contributed by atoms with E-state index in [1.807, 2.05) is 6.92 Å². The van der Waals surface area contributed by atoms with Crippen molar-refractivity contribution in [2.45, 2.75) is 38.4 Å². The van der Waals surface area contributed by atoms with Gasteiger partial charge >= 0.3 is 5.97 Å². The van der Waals surface area contributed by atoms with E-state index in [4.69, 9.17) is 5.11 Å². The van der Waals surface area contributed by atoms with Crippen LogP contribution in [0, 0.1) is 11.6 Å². The van der Waals surface area contributed by atoms with Crippen molar-refractivity contribution in [3.05, 3.63) is 35.4 Å². The first-order chi connectivity index (χ1) is 10.9. The minimum Gasteiger partial charge on any atom is -0.481 e. The van der Waals surface area contributed by atoms with Gasteiger partial charge in [-0.05, 0) is 31.0 Å². The predicted molar refractivity (Wildman–Crippen MR) is 78.2 cm³/mol. The highest BCUT2D eigenvalue weighted by Crippen LogP contribution is 2.14. The van der Waals surface area contributed by atoms with Gasteiger partial charge in [0.1, 0.15) is 6.04 Å². The molecule has 2 atom stereocenters. The zero-order valence-electron chi connectivity index (χ0n) is 12.7. The number of nitrogens with one attached hydrogen (secondary N) is 2. The second-order valence-corrected chi connectivity index (χ2v) is 5.63. The number of aliphatic carboxylic acids is 1. The maximum Gasteiger partial charge on any atom is 0.305 e. The summed E-state index contributed by atoms with van der Waals surface area (Å²) in [6.45, 7) is 1.94. The molecule has 1 aliphatic heterocycles. The van der Waals surface area contributed by atoms with Gasteiger partial charge in [0, 0.05) is 19.1 Å². The molecule has 0 bridgehead atoms. The summed E-state index contributed by atoms with van der Waals surface area (Å²) in [7, 11) is 0. The zero-order chi connectivity index (χ0) is 17.0. The number of hydrogen-bond acceptors (Lipinski definition) is 4. The number of hydrogen-bond donors (Lipinski definition) is 3. The second-order valence-electron chi connectivity index (χ2n) is 5.63. The van der Waals surface area contributed by atoms with Crippen molar-refractivity contribution in [3.8, 4) is 0 Å². The Bertz CT molecular complexity index is 597. The van der Waals surface area contributed by atoms with Crippen LogP contribution in [-0.2, 0) is 16.1 Å². The van der Waals surface area contributed by atoms with Crippen LogP contribution in [0.1, 0.15) is 25.3 Å². The maximum absolute atomic E-state index is 13.3. The molecular weight excluding hydrogens is 308 g/mol. The van der Waals surface area contributed by atoms with Crippen LogP contribution in [0.4, 0.5) is 8.78 Å². The number of halogens is 2. The van der Waals surface area contributed by atoms with Gasteiger partial charge in [-0.15, -0.1) is 0 Å². The summed E-state index contributed by atoms with van der Waals surface area (Å²) < 4.78 is 26.3. The molecule has 1 aromatic rings. The SMILES string of the molecule is CC1CC(C(=O)N(CCC(=O)O)Cc2ccc(F)c(F)c2)NN1. The first-order valence-electron chi connectivity index (χ1n) is 7.32. The summed E-state index contributed by atoms with van der Waals surface area (Å²) in [4.78, 5) is 24.6. The number of hydrazine groups is 1. The summed E-state index contributed by atoms with van der Waals surface area (Å²) >= 11 is 0. The molecule has 3 N–H and O–H groups in total. The van der Waals surface area contributed by atoms with Crippen LogP contribution in [0.5, 0.6) is 0 Å². The van der Waals surface area contributed by atoms with Crippen molar-refractivity contribution in [2.24, 2.45) is 0 Å². The molecule has 0 saturated carbocycles. The van der Waals surface area contributed by atoms with E-state index in [1.165, 1.54) is 11.0 Å². The second kappa shape index (κ2) is 7.47. The number of carboxylic acids is 1. The van der Waals surface area contributed by atoms with Gasteiger partial charge in [0.15, 0.2) is 11.6 Å². The Balaban J connectivity index is 2.10. The average molecular weight is 327 g/mol. The van der Waals surface area contributed by atoms with Gasteiger partial charge in [0.2, 0.25) is 5.91 Å². The van der Waals surface area contributed by atoms with Crippen molar-refractivity contribution in [1.29, 1.82) is 0 Å². The molecule has 126 valence electrons. The first-order valence-corrected chi connectivity index (χ1v) is 7.32. The third kappa shape index (κ3) is 4.70. The lowest BCUT2D eigenvalue weighted by molar-refractivity contribution is -0.139.